The van der Waals surface area contributed by atoms with Gasteiger partial charge < -0.3 is 5.32 Å². The Labute approximate surface area is 155 Å². The molecular weight excluding hydrogens is 320 g/mol. The molecule has 0 aliphatic carbocycles. The summed E-state index contributed by atoms with van der Waals surface area (Å²) in [5.41, 5.74) is 2.72. The third kappa shape index (κ3) is 7.46. The maximum atomic E-state index is 11.9. The van der Waals surface area contributed by atoms with E-state index in [4.69, 9.17) is 5.26 Å². The van der Waals surface area contributed by atoms with Gasteiger partial charge in [-0.15, -0.1) is 0 Å². The predicted molar refractivity (Wildman–Crippen MR) is 106 cm³/mol. The van der Waals surface area contributed by atoms with Crippen LogP contribution in [-0.2, 0) is 11.2 Å². The number of hydrogen-bond donors (Lipinski definition) is 1. The van der Waals surface area contributed by atoms with Gasteiger partial charge in [0.2, 0.25) is 5.91 Å². The van der Waals surface area contributed by atoms with E-state index in [1.807, 2.05) is 78.9 Å². The molecule has 0 heterocycles. The van der Waals surface area contributed by atoms with Gasteiger partial charge in [-0.2, -0.15) is 5.26 Å². The highest BCUT2D eigenvalue weighted by Crippen LogP contribution is 2.03. The summed E-state index contributed by atoms with van der Waals surface area (Å²) in [5, 5.41) is 12.0. The number of nitrogens with zero attached hydrogens (tertiary/aromatic N) is 1. The second kappa shape index (κ2) is 11.2. The highest BCUT2D eigenvalue weighted by molar-refractivity contribution is 5.79. The van der Waals surface area contributed by atoms with E-state index in [2.05, 4.69) is 11.4 Å². The van der Waals surface area contributed by atoms with Gasteiger partial charge in [0.25, 0.3) is 0 Å². The Morgan fingerprint density at radius 2 is 1.65 bits per heavy atom. The minimum atomic E-state index is -0.137. The van der Waals surface area contributed by atoms with Crippen molar-refractivity contribution in [2.75, 3.05) is 6.54 Å². The summed E-state index contributed by atoms with van der Waals surface area (Å²) in [5.74, 6) is -0.137. The largest absolute Gasteiger partial charge is 0.355 e. The number of carbonyl (C=O) groups excluding carboxylic acids is 1. The van der Waals surface area contributed by atoms with Crippen molar-refractivity contribution in [2.45, 2.75) is 12.8 Å². The molecule has 0 aliphatic heterocycles. The van der Waals surface area contributed by atoms with Crippen LogP contribution >= 0.6 is 0 Å². The molecule has 0 saturated heterocycles. The second-order valence-corrected chi connectivity index (χ2v) is 5.72. The van der Waals surface area contributed by atoms with Crippen LogP contribution in [0.2, 0.25) is 0 Å². The second-order valence-electron chi connectivity index (χ2n) is 5.72. The lowest BCUT2D eigenvalue weighted by molar-refractivity contribution is -0.120. The van der Waals surface area contributed by atoms with Gasteiger partial charge in [0.15, 0.2) is 0 Å². The number of carbonyl (C=O) groups is 1. The van der Waals surface area contributed by atoms with E-state index in [-0.39, 0.29) is 12.3 Å². The van der Waals surface area contributed by atoms with Gasteiger partial charge in [0.05, 0.1) is 12.5 Å². The molecular formula is C23H22N2O. The lowest BCUT2D eigenvalue weighted by Gasteiger charge is -2.04. The number of hydrogen-bond acceptors (Lipinski definition) is 2. The quantitative estimate of drug-likeness (QED) is 0.569. The minimum absolute atomic E-state index is 0.0953. The smallest absolute Gasteiger partial charge is 0.225 e. The lowest BCUT2D eigenvalue weighted by atomic mass is 10.1. The first-order valence-electron chi connectivity index (χ1n) is 8.57. The molecule has 0 spiro atoms. The number of amides is 1. The van der Waals surface area contributed by atoms with Crippen LogP contribution in [0.15, 0.2) is 90.5 Å². The number of allylic oxidation sites excluding steroid dienone is 4. The van der Waals surface area contributed by atoms with E-state index in [0.717, 1.165) is 12.0 Å². The van der Waals surface area contributed by atoms with E-state index >= 15 is 0 Å². The summed E-state index contributed by atoms with van der Waals surface area (Å²) in [6.45, 7) is 0.567. The van der Waals surface area contributed by atoms with E-state index in [1.165, 1.54) is 5.56 Å². The molecule has 0 atom stereocenters. The van der Waals surface area contributed by atoms with Gasteiger partial charge in [-0.1, -0.05) is 85.0 Å². The molecule has 0 radical (unpaired) electrons. The van der Waals surface area contributed by atoms with E-state index in [1.54, 1.807) is 12.2 Å². The zero-order valence-electron chi connectivity index (χ0n) is 14.6. The first-order chi connectivity index (χ1) is 12.8. The fourth-order valence-electron chi connectivity index (χ4n) is 2.33. The average molecular weight is 342 g/mol. The van der Waals surface area contributed by atoms with Gasteiger partial charge in [-0.05, 0) is 23.6 Å². The zero-order chi connectivity index (χ0) is 18.5. The lowest BCUT2D eigenvalue weighted by Crippen LogP contribution is -2.25. The van der Waals surface area contributed by atoms with Crippen LogP contribution in [0.1, 0.15) is 17.5 Å². The molecule has 130 valence electrons. The van der Waals surface area contributed by atoms with Gasteiger partial charge in [-0.3, -0.25) is 4.79 Å². The van der Waals surface area contributed by atoms with Crippen LogP contribution in [0.3, 0.4) is 0 Å². The van der Waals surface area contributed by atoms with Crippen molar-refractivity contribution < 1.29 is 4.79 Å². The molecule has 2 aromatic carbocycles. The molecule has 1 amide bonds. The van der Waals surface area contributed by atoms with Crippen LogP contribution in [0.5, 0.6) is 0 Å². The molecule has 1 N–H and O–H groups in total. The third-order valence-corrected chi connectivity index (χ3v) is 3.68. The van der Waals surface area contributed by atoms with Crippen molar-refractivity contribution in [3.63, 3.8) is 0 Å². The Kier molecular flexibility index (Phi) is 8.18. The van der Waals surface area contributed by atoms with Gasteiger partial charge in [0, 0.05) is 12.1 Å². The van der Waals surface area contributed by atoms with Crippen LogP contribution < -0.4 is 5.32 Å². The third-order valence-electron chi connectivity index (χ3n) is 3.68. The minimum Gasteiger partial charge on any atom is -0.355 e. The van der Waals surface area contributed by atoms with Crippen LogP contribution in [0, 0.1) is 11.3 Å². The first-order valence-corrected chi connectivity index (χ1v) is 8.57. The number of nitriles is 1. The van der Waals surface area contributed by atoms with Gasteiger partial charge >= 0.3 is 0 Å². The van der Waals surface area contributed by atoms with Crippen molar-refractivity contribution >= 4 is 12.0 Å². The van der Waals surface area contributed by atoms with Crippen molar-refractivity contribution in [1.82, 2.24) is 5.32 Å². The standard InChI is InChI=1S/C23H22N2O/c24-19-22(15-9-3-6-12-20-10-4-1-5-11-20)18-23(26)25-17-16-21-13-7-2-8-14-21/h1-15H,16-18H2,(H,25,26). The Bertz CT molecular complexity index is 812. The van der Waals surface area contributed by atoms with Crippen LogP contribution in [0.4, 0.5) is 0 Å². The summed E-state index contributed by atoms with van der Waals surface area (Å²) < 4.78 is 0. The summed E-state index contributed by atoms with van der Waals surface area (Å²) in [6, 6.07) is 22.0. The monoisotopic (exact) mass is 342 g/mol. The topological polar surface area (TPSA) is 52.9 Å². The normalized spacial score (nSPS) is 11.6. The Morgan fingerprint density at radius 3 is 2.35 bits per heavy atom. The Morgan fingerprint density at radius 1 is 0.962 bits per heavy atom. The molecule has 0 saturated carbocycles. The maximum Gasteiger partial charge on any atom is 0.225 e. The summed E-state index contributed by atoms with van der Waals surface area (Å²) in [6.07, 6.45) is 10.0. The predicted octanol–water partition coefficient (Wildman–Crippen LogP) is 4.45. The van der Waals surface area contributed by atoms with Gasteiger partial charge in [-0.25, -0.2) is 0 Å². The van der Waals surface area contributed by atoms with Crippen molar-refractivity contribution in [2.24, 2.45) is 0 Å². The summed E-state index contributed by atoms with van der Waals surface area (Å²) in [4.78, 5) is 11.9. The molecule has 0 bridgehead atoms. The van der Waals surface area contributed by atoms with Crippen molar-refractivity contribution in [1.29, 1.82) is 5.26 Å². The zero-order valence-corrected chi connectivity index (χ0v) is 14.6. The van der Waals surface area contributed by atoms with Crippen LogP contribution in [-0.4, -0.2) is 12.5 Å². The molecule has 0 aromatic heterocycles. The number of nitrogens with one attached hydrogen (secondary N) is 1. The molecule has 3 nitrogen and oxygen atoms in total. The van der Waals surface area contributed by atoms with Crippen LogP contribution in [0.25, 0.3) is 6.08 Å². The molecule has 2 rings (SSSR count). The highest BCUT2D eigenvalue weighted by atomic mass is 16.1. The average Bonchev–Trinajstić information content (AvgIpc) is 2.68. The highest BCUT2D eigenvalue weighted by Gasteiger charge is 2.04. The molecule has 3 heteroatoms. The Balaban J connectivity index is 1.75. The van der Waals surface area contributed by atoms with E-state index in [9.17, 15) is 4.79 Å². The van der Waals surface area contributed by atoms with Crippen molar-refractivity contribution in [3.8, 4) is 6.07 Å². The molecule has 26 heavy (non-hydrogen) atoms. The maximum absolute atomic E-state index is 11.9. The van der Waals surface area contributed by atoms with Gasteiger partial charge in [0.1, 0.15) is 0 Å². The molecule has 2 aromatic rings. The van der Waals surface area contributed by atoms with E-state index < -0.39 is 0 Å². The first kappa shape index (κ1) is 19.0. The van der Waals surface area contributed by atoms with E-state index in [0.29, 0.717) is 12.1 Å². The summed E-state index contributed by atoms with van der Waals surface area (Å²) in [7, 11) is 0. The SMILES string of the molecule is N#CC(=CC=CC=Cc1ccccc1)CC(=O)NCCc1ccccc1. The molecule has 0 fully saturated rings. The number of benzene rings is 2. The fourth-order valence-corrected chi connectivity index (χ4v) is 2.33. The van der Waals surface area contributed by atoms with Crippen molar-refractivity contribution in [3.05, 3.63) is 102 Å². The molecule has 0 aliphatic rings. The fraction of sp³-hybridized carbons (Fsp3) is 0.130. The number of rotatable bonds is 8. The summed E-state index contributed by atoms with van der Waals surface area (Å²) >= 11 is 0. The molecule has 0 unspecified atom stereocenters. The Hall–Kier alpha value is -3.38.